The third kappa shape index (κ3) is 6.43. The summed E-state index contributed by atoms with van der Waals surface area (Å²) in [4.78, 5) is 4.51. The highest BCUT2D eigenvalue weighted by Gasteiger charge is 2.45. The van der Waals surface area contributed by atoms with E-state index in [0.717, 1.165) is 24.8 Å². The number of rotatable bonds is 10. The Morgan fingerprint density at radius 3 is 2.77 bits per heavy atom. The number of benzene rings is 1. The molecular weight excluding hydrogens is 560 g/mol. The summed E-state index contributed by atoms with van der Waals surface area (Å²) in [5, 5.41) is 13.7. The first-order valence-electron chi connectivity index (χ1n) is 13.4. The molecule has 3 aliphatic heterocycles. The maximum Gasteiger partial charge on any atom is 0.244 e. The van der Waals surface area contributed by atoms with Crippen LogP contribution in [0.4, 0.5) is 0 Å². The highest BCUT2D eigenvalue weighted by atomic mass is 32.2. The Kier molecular flexibility index (Phi) is 8.66. The fourth-order valence-corrected chi connectivity index (χ4v) is 7.57. The van der Waals surface area contributed by atoms with Crippen LogP contribution in [-0.2, 0) is 31.2 Å². The van der Waals surface area contributed by atoms with Crippen LogP contribution >= 0.6 is 0 Å². The van der Waals surface area contributed by atoms with Gasteiger partial charge in [0.05, 0.1) is 29.9 Å². The van der Waals surface area contributed by atoms with Crippen LogP contribution in [0.2, 0.25) is 0 Å². The van der Waals surface area contributed by atoms with Gasteiger partial charge < -0.3 is 24.6 Å². The van der Waals surface area contributed by atoms with Gasteiger partial charge in [0.2, 0.25) is 25.9 Å². The second-order valence-electron chi connectivity index (χ2n) is 10.4. The fourth-order valence-electron chi connectivity index (χ4n) is 5.37. The molecule has 0 bridgehead atoms. The van der Waals surface area contributed by atoms with E-state index in [4.69, 9.17) is 14.2 Å². The van der Waals surface area contributed by atoms with Crippen molar-refractivity contribution >= 4 is 20.0 Å². The van der Waals surface area contributed by atoms with Gasteiger partial charge in [0, 0.05) is 37.3 Å². The molecular formula is C26H36N4O8S2. The van der Waals surface area contributed by atoms with E-state index >= 15 is 0 Å². The van der Waals surface area contributed by atoms with Gasteiger partial charge in [-0.05, 0) is 57.4 Å². The molecule has 0 aliphatic carbocycles. The maximum absolute atomic E-state index is 13.3. The third-order valence-corrected chi connectivity index (χ3v) is 11.0. The SMILES string of the molecule is CNS(=O)(=O)c1cccc(OC[C@@H](O)CNC2COC3(CCN(S(=O)(=O)c4cnc5c(c4)CCCO5)CC3)C2)c1. The van der Waals surface area contributed by atoms with Crippen LogP contribution in [0, 0.1) is 0 Å². The summed E-state index contributed by atoms with van der Waals surface area (Å²) in [7, 11) is -5.91. The summed E-state index contributed by atoms with van der Waals surface area (Å²) >= 11 is 0. The largest absolute Gasteiger partial charge is 0.491 e. The average molecular weight is 597 g/mol. The third-order valence-electron chi connectivity index (χ3n) is 7.68. The van der Waals surface area contributed by atoms with Crippen LogP contribution in [0.15, 0.2) is 46.3 Å². The van der Waals surface area contributed by atoms with Gasteiger partial charge in [-0.2, -0.15) is 4.31 Å². The maximum atomic E-state index is 13.3. The highest BCUT2D eigenvalue weighted by Crippen LogP contribution is 2.37. The number of nitrogens with zero attached hydrogens (tertiary/aromatic N) is 2. The molecule has 3 N–H and O–H groups in total. The molecule has 40 heavy (non-hydrogen) atoms. The Balaban J connectivity index is 1.08. The van der Waals surface area contributed by atoms with Crippen molar-refractivity contribution in [2.45, 2.75) is 59.6 Å². The predicted molar refractivity (Wildman–Crippen MR) is 145 cm³/mol. The van der Waals surface area contributed by atoms with E-state index in [0.29, 0.717) is 50.8 Å². The Labute approximate surface area is 235 Å². The zero-order chi connectivity index (χ0) is 28.4. The zero-order valence-electron chi connectivity index (χ0n) is 22.4. The van der Waals surface area contributed by atoms with Gasteiger partial charge in [-0.25, -0.2) is 26.5 Å². The lowest BCUT2D eigenvalue weighted by Gasteiger charge is -2.38. The Morgan fingerprint density at radius 2 is 2.00 bits per heavy atom. The first-order valence-corrected chi connectivity index (χ1v) is 16.4. The molecule has 3 aliphatic rings. The molecule has 0 saturated carbocycles. The van der Waals surface area contributed by atoms with E-state index in [9.17, 15) is 21.9 Å². The number of pyridine rings is 1. The van der Waals surface area contributed by atoms with Gasteiger partial charge in [-0.15, -0.1) is 0 Å². The number of aromatic nitrogens is 1. The van der Waals surface area contributed by atoms with Crippen molar-refractivity contribution in [2.24, 2.45) is 0 Å². The van der Waals surface area contributed by atoms with E-state index in [1.807, 2.05) is 0 Å². The minimum atomic E-state index is -3.66. The number of ether oxygens (including phenoxy) is 3. The molecule has 0 radical (unpaired) electrons. The molecule has 1 spiro atoms. The summed E-state index contributed by atoms with van der Waals surface area (Å²) < 4.78 is 71.5. The van der Waals surface area contributed by atoms with Gasteiger partial charge >= 0.3 is 0 Å². The van der Waals surface area contributed by atoms with Crippen molar-refractivity contribution in [3.8, 4) is 11.6 Å². The highest BCUT2D eigenvalue weighted by molar-refractivity contribution is 7.89. The molecule has 4 heterocycles. The van der Waals surface area contributed by atoms with Gasteiger partial charge in [-0.1, -0.05) is 6.07 Å². The van der Waals surface area contributed by atoms with Gasteiger partial charge in [-0.3, -0.25) is 0 Å². The van der Waals surface area contributed by atoms with Crippen molar-refractivity contribution in [2.75, 3.05) is 46.5 Å². The number of sulfonamides is 2. The van der Waals surface area contributed by atoms with E-state index in [-0.39, 0.29) is 29.0 Å². The molecule has 1 aromatic heterocycles. The van der Waals surface area contributed by atoms with Gasteiger partial charge in [0.25, 0.3) is 0 Å². The van der Waals surface area contributed by atoms with Crippen LogP contribution in [0.1, 0.15) is 31.2 Å². The molecule has 1 aromatic carbocycles. The molecule has 5 rings (SSSR count). The zero-order valence-corrected chi connectivity index (χ0v) is 24.0. The van der Waals surface area contributed by atoms with Crippen LogP contribution in [0.5, 0.6) is 11.6 Å². The average Bonchev–Trinajstić information content (AvgIpc) is 3.37. The topological polar surface area (TPSA) is 156 Å². The first kappa shape index (κ1) is 29.2. The van der Waals surface area contributed by atoms with Gasteiger partial charge in [0.15, 0.2) is 0 Å². The number of aliphatic hydroxyl groups is 1. The van der Waals surface area contributed by atoms with E-state index in [1.165, 1.54) is 29.7 Å². The molecule has 2 aromatic rings. The predicted octanol–water partition coefficient (Wildman–Crippen LogP) is 0.656. The second kappa shape index (κ2) is 11.9. The van der Waals surface area contributed by atoms with Crippen molar-refractivity contribution < 1.29 is 36.2 Å². The molecule has 2 saturated heterocycles. The summed E-state index contributed by atoms with van der Waals surface area (Å²) in [6.45, 7) is 2.06. The van der Waals surface area contributed by atoms with E-state index in [1.54, 1.807) is 18.2 Å². The molecule has 2 fully saturated rings. The number of fused-ring (bicyclic) bond motifs is 1. The number of hydrogen-bond donors (Lipinski definition) is 3. The molecule has 12 nitrogen and oxygen atoms in total. The lowest BCUT2D eigenvalue weighted by molar-refractivity contribution is -0.0312. The molecule has 14 heteroatoms. The minimum absolute atomic E-state index is 0.00866. The molecule has 0 amide bonds. The first-order chi connectivity index (χ1) is 19.1. The molecule has 220 valence electrons. The molecule has 1 unspecified atom stereocenters. The van der Waals surface area contributed by atoms with Crippen LogP contribution < -0.4 is 19.5 Å². The van der Waals surface area contributed by atoms with E-state index in [2.05, 4.69) is 15.0 Å². The van der Waals surface area contributed by atoms with Crippen molar-refractivity contribution in [1.29, 1.82) is 0 Å². The Hall–Kier alpha value is -2.33. The summed E-state index contributed by atoms with van der Waals surface area (Å²) in [6.07, 6.45) is 4.06. The number of aryl methyl sites for hydroxylation is 1. The number of aliphatic hydroxyl groups excluding tert-OH is 1. The lowest BCUT2D eigenvalue weighted by Crippen LogP contribution is -2.47. The summed E-state index contributed by atoms with van der Waals surface area (Å²) in [6, 6.07) is 7.79. The van der Waals surface area contributed by atoms with Gasteiger partial charge in [0.1, 0.15) is 23.4 Å². The number of piperidine rings is 1. The Morgan fingerprint density at radius 1 is 1.20 bits per heavy atom. The quantitative estimate of drug-likeness (QED) is 0.356. The lowest BCUT2D eigenvalue weighted by atomic mass is 9.88. The summed E-state index contributed by atoms with van der Waals surface area (Å²) in [5.74, 6) is 0.867. The monoisotopic (exact) mass is 596 g/mol. The van der Waals surface area contributed by atoms with Crippen molar-refractivity contribution in [3.05, 3.63) is 42.1 Å². The van der Waals surface area contributed by atoms with Crippen molar-refractivity contribution in [1.82, 2.24) is 19.3 Å². The number of hydrogen-bond acceptors (Lipinski definition) is 10. The van der Waals surface area contributed by atoms with Crippen molar-refractivity contribution in [3.63, 3.8) is 0 Å². The van der Waals surface area contributed by atoms with Crippen LogP contribution in [0.25, 0.3) is 0 Å². The van der Waals surface area contributed by atoms with Crippen LogP contribution in [-0.4, -0.2) is 95.5 Å². The smallest absolute Gasteiger partial charge is 0.244 e. The molecule has 2 atom stereocenters. The Bertz CT molecular complexity index is 1410. The summed E-state index contributed by atoms with van der Waals surface area (Å²) in [5.41, 5.74) is 0.434. The second-order valence-corrected chi connectivity index (χ2v) is 14.3. The standard InChI is InChI=1S/C26H36N4O8S2/c1-27-39(32,33)23-6-2-5-22(13-23)37-18-21(31)15-28-20-14-26(38-17-20)7-9-30(10-8-26)40(34,35)24-12-19-4-3-11-36-25(19)29-16-24/h2,5-6,12-13,16,20-21,27-28,31H,3-4,7-11,14-15,17-18H2,1H3/t20?,21-/m0/s1. The fraction of sp³-hybridized carbons (Fsp3) is 0.577. The normalized spacial score (nSPS) is 22.0. The van der Waals surface area contributed by atoms with Crippen LogP contribution in [0.3, 0.4) is 0 Å². The van der Waals surface area contributed by atoms with E-state index < -0.39 is 31.8 Å². The minimum Gasteiger partial charge on any atom is -0.491 e. The number of nitrogens with one attached hydrogen (secondary N) is 2.